The van der Waals surface area contributed by atoms with E-state index in [1.54, 1.807) is 42.5 Å². The van der Waals surface area contributed by atoms with Gasteiger partial charge in [-0.25, -0.2) is 0 Å². The highest BCUT2D eigenvalue weighted by Gasteiger charge is 2.18. The second-order valence-electron chi connectivity index (χ2n) is 8.66. The largest absolute Gasteiger partial charge is 0.493 e. The zero-order valence-electron chi connectivity index (χ0n) is 22.2. The highest BCUT2D eigenvalue weighted by atomic mass is 16.5. The number of nitrogens with one attached hydrogen (secondary N) is 2. The molecule has 8 heteroatoms. The molecule has 0 fully saturated rings. The van der Waals surface area contributed by atoms with Gasteiger partial charge in [0.2, 0.25) is 5.75 Å². The predicted molar refractivity (Wildman–Crippen MR) is 149 cm³/mol. The van der Waals surface area contributed by atoms with Crippen molar-refractivity contribution < 1.29 is 28.2 Å². The highest BCUT2D eigenvalue weighted by Crippen LogP contribution is 2.38. The molecule has 0 saturated carbocycles. The van der Waals surface area contributed by atoms with Gasteiger partial charge in [-0.2, -0.15) is 0 Å². The summed E-state index contributed by atoms with van der Waals surface area (Å²) in [5.74, 6) is 1.52. The Morgan fingerprint density at radius 3 is 2.13 bits per heavy atom. The monoisotopic (exact) mass is 526 g/mol. The van der Waals surface area contributed by atoms with E-state index < -0.39 is 11.8 Å². The van der Waals surface area contributed by atoms with Crippen LogP contribution in [0.5, 0.6) is 17.2 Å². The summed E-state index contributed by atoms with van der Waals surface area (Å²) in [6.07, 6.45) is 1.50. The summed E-state index contributed by atoms with van der Waals surface area (Å²) in [5, 5.41) is 5.56. The lowest BCUT2D eigenvalue weighted by Gasteiger charge is -2.15. The molecule has 1 heterocycles. The van der Waals surface area contributed by atoms with Crippen molar-refractivity contribution in [1.82, 2.24) is 10.6 Å². The quantitative estimate of drug-likeness (QED) is 0.270. The third kappa shape index (κ3) is 6.67. The predicted octanol–water partition coefficient (Wildman–Crippen LogP) is 5.37. The number of hydrogen-bond acceptors (Lipinski definition) is 6. The van der Waals surface area contributed by atoms with E-state index in [-0.39, 0.29) is 12.2 Å². The molecular weight excluding hydrogens is 496 g/mol. The topological polar surface area (TPSA) is 99.0 Å². The minimum Gasteiger partial charge on any atom is -0.493 e. The molecule has 39 heavy (non-hydrogen) atoms. The average Bonchev–Trinajstić information content (AvgIpc) is 3.44. The molecule has 200 valence electrons. The Morgan fingerprint density at radius 1 is 0.846 bits per heavy atom. The highest BCUT2D eigenvalue weighted by molar-refractivity contribution is 6.05. The second kappa shape index (κ2) is 12.5. The van der Waals surface area contributed by atoms with Crippen molar-refractivity contribution in [1.29, 1.82) is 0 Å². The zero-order chi connectivity index (χ0) is 27.8. The zero-order valence-corrected chi connectivity index (χ0v) is 22.2. The number of amides is 2. The summed E-state index contributed by atoms with van der Waals surface area (Å²) >= 11 is 0. The van der Waals surface area contributed by atoms with Crippen LogP contribution in [0.15, 0.2) is 89.0 Å². The van der Waals surface area contributed by atoms with Crippen LogP contribution in [0.3, 0.4) is 0 Å². The summed E-state index contributed by atoms with van der Waals surface area (Å²) in [4.78, 5) is 26.2. The van der Waals surface area contributed by atoms with Gasteiger partial charge in [0.05, 0.1) is 21.3 Å². The number of rotatable bonds is 10. The number of ether oxygens (including phenoxy) is 3. The molecule has 0 aliphatic rings. The van der Waals surface area contributed by atoms with Gasteiger partial charge in [-0.15, -0.1) is 0 Å². The van der Waals surface area contributed by atoms with Crippen molar-refractivity contribution in [2.45, 2.75) is 13.5 Å². The molecule has 0 bridgehead atoms. The maximum absolute atomic E-state index is 13.3. The van der Waals surface area contributed by atoms with Gasteiger partial charge in [-0.3, -0.25) is 9.59 Å². The van der Waals surface area contributed by atoms with Crippen LogP contribution in [0, 0.1) is 6.92 Å². The molecular formula is C31H30N2O6. The molecule has 0 aliphatic heterocycles. The molecule has 0 aliphatic carbocycles. The van der Waals surface area contributed by atoms with Gasteiger partial charge in [-0.1, -0.05) is 48.0 Å². The molecule has 2 N–H and O–H groups in total. The van der Waals surface area contributed by atoms with E-state index in [0.29, 0.717) is 39.9 Å². The Bertz CT molecular complexity index is 1450. The van der Waals surface area contributed by atoms with Gasteiger partial charge in [0.1, 0.15) is 17.2 Å². The first kappa shape index (κ1) is 27.1. The van der Waals surface area contributed by atoms with E-state index in [1.807, 2.05) is 43.3 Å². The van der Waals surface area contributed by atoms with E-state index in [4.69, 9.17) is 18.6 Å². The van der Waals surface area contributed by atoms with Crippen molar-refractivity contribution in [3.63, 3.8) is 0 Å². The lowest BCUT2D eigenvalue weighted by molar-refractivity contribution is -0.117. The van der Waals surface area contributed by atoms with E-state index in [1.165, 1.54) is 27.4 Å². The van der Waals surface area contributed by atoms with Gasteiger partial charge >= 0.3 is 0 Å². The maximum Gasteiger partial charge on any atom is 0.268 e. The van der Waals surface area contributed by atoms with E-state index >= 15 is 0 Å². The fourth-order valence-corrected chi connectivity index (χ4v) is 3.90. The lowest BCUT2D eigenvalue weighted by atomic mass is 10.1. The van der Waals surface area contributed by atoms with Crippen molar-refractivity contribution in [3.05, 3.63) is 107 Å². The summed E-state index contributed by atoms with van der Waals surface area (Å²) in [6.45, 7) is 2.15. The van der Waals surface area contributed by atoms with Gasteiger partial charge in [0.25, 0.3) is 11.8 Å². The van der Waals surface area contributed by atoms with Crippen LogP contribution in [0.1, 0.15) is 27.2 Å². The van der Waals surface area contributed by atoms with Crippen LogP contribution in [-0.2, 0) is 11.3 Å². The van der Waals surface area contributed by atoms with Gasteiger partial charge in [-0.05, 0) is 48.9 Å². The van der Waals surface area contributed by atoms with E-state index in [9.17, 15) is 9.59 Å². The van der Waals surface area contributed by atoms with Gasteiger partial charge in [0, 0.05) is 23.7 Å². The second-order valence-corrected chi connectivity index (χ2v) is 8.66. The van der Waals surface area contributed by atoms with Crippen LogP contribution in [0.4, 0.5) is 0 Å². The molecule has 0 unspecified atom stereocenters. The van der Waals surface area contributed by atoms with E-state index in [0.717, 1.165) is 11.1 Å². The SMILES string of the molecule is COc1cc(CNC(=O)/C(=C/c2ccc(-c3ccc(C)cc3)o2)NC(=O)c2ccccc2)cc(OC)c1OC. The molecule has 2 amide bonds. The minimum atomic E-state index is -0.499. The lowest BCUT2D eigenvalue weighted by Crippen LogP contribution is -2.34. The Labute approximate surface area is 227 Å². The number of methoxy groups -OCH3 is 3. The number of benzene rings is 3. The Balaban J connectivity index is 1.59. The standard InChI is InChI=1S/C31H30N2O6/c1-20-10-12-22(13-11-20)26-15-14-24(39-26)18-25(33-30(34)23-8-6-5-7-9-23)31(35)32-19-21-16-27(36-2)29(38-4)28(17-21)37-3/h5-18H,19H2,1-4H3,(H,32,35)(H,33,34)/b25-18-. The van der Waals surface area contributed by atoms with Crippen molar-refractivity contribution in [3.8, 4) is 28.6 Å². The summed E-state index contributed by atoms with van der Waals surface area (Å²) in [6, 6.07) is 23.6. The Morgan fingerprint density at radius 2 is 1.51 bits per heavy atom. The molecule has 3 aromatic carbocycles. The van der Waals surface area contributed by atoms with Crippen molar-refractivity contribution >= 4 is 17.9 Å². The van der Waals surface area contributed by atoms with Crippen LogP contribution >= 0.6 is 0 Å². The Hall–Kier alpha value is -4.98. The molecule has 0 spiro atoms. The number of furan rings is 1. The molecule has 1 aromatic heterocycles. The van der Waals surface area contributed by atoms with Crippen LogP contribution < -0.4 is 24.8 Å². The first-order valence-electron chi connectivity index (χ1n) is 12.2. The smallest absolute Gasteiger partial charge is 0.268 e. The molecule has 0 atom stereocenters. The molecule has 4 rings (SSSR count). The Kier molecular flexibility index (Phi) is 8.68. The number of aryl methyl sites for hydroxylation is 1. The summed E-state index contributed by atoms with van der Waals surface area (Å²) < 4.78 is 22.1. The van der Waals surface area contributed by atoms with Crippen LogP contribution in [-0.4, -0.2) is 33.1 Å². The molecule has 0 saturated heterocycles. The third-order valence-corrected chi connectivity index (χ3v) is 5.96. The number of hydrogen-bond donors (Lipinski definition) is 2. The van der Waals surface area contributed by atoms with Gasteiger partial charge < -0.3 is 29.3 Å². The molecule has 0 radical (unpaired) electrons. The van der Waals surface area contributed by atoms with E-state index in [2.05, 4.69) is 10.6 Å². The summed E-state index contributed by atoms with van der Waals surface area (Å²) in [7, 11) is 4.56. The first-order valence-corrected chi connectivity index (χ1v) is 12.2. The van der Waals surface area contributed by atoms with Crippen molar-refractivity contribution in [2.75, 3.05) is 21.3 Å². The van der Waals surface area contributed by atoms with Crippen LogP contribution in [0.2, 0.25) is 0 Å². The van der Waals surface area contributed by atoms with Crippen LogP contribution in [0.25, 0.3) is 17.4 Å². The minimum absolute atomic E-state index is 0.0288. The number of carbonyl (C=O) groups excluding carboxylic acids is 2. The summed E-state index contributed by atoms with van der Waals surface area (Å²) in [5.41, 5.74) is 3.20. The third-order valence-electron chi connectivity index (χ3n) is 5.96. The molecule has 8 nitrogen and oxygen atoms in total. The maximum atomic E-state index is 13.3. The fraction of sp³-hybridized carbons (Fsp3) is 0.161. The fourth-order valence-electron chi connectivity index (χ4n) is 3.90. The number of carbonyl (C=O) groups is 2. The first-order chi connectivity index (χ1) is 18.9. The van der Waals surface area contributed by atoms with Gasteiger partial charge in [0.15, 0.2) is 11.5 Å². The molecule has 4 aromatic rings. The normalized spacial score (nSPS) is 11.0. The van der Waals surface area contributed by atoms with Crippen molar-refractivity contribution in [2.24, 2.45) is 0 Å². The average molecular weight is 527 g/mol.